The molecule has 1 aliphatic rings. The smallest absolute Gasteiger partial charge is 0.247 e. The van der Waals surface area contributed by atoms with E-state index in [2.05, 4.69) is 32.3 Å². The number of hydrogen-bond donors (Lipinski definition) is 1. The lowest BCUT2D eigenvalue weighted by atomic mass is 10.2. The molecule has 1 fully saturated rings. The van der Waals surface area contributed by atoms with Crippen molar-refractivity contribution < 1.29 is 4.79 Å². The second-order valence-electron chi connectivity index (χ2n) is 5.27. The number of carbonyl (C=O) groups is 1. The fourth-order valence-corrected chi connectivity index (χ4v) is 2.33. The summed E-state index contributed by atoms with van der Waals surface area (Å²) in [6, 6.07) is 0. The molecule has 1 aromatic rings. The van der Waals surface area contributed by atoms with Crippen LogP contribution in [0.3, 0.4) is 0 Å². The van der Waals surface area contributed by atoms with E-state index in [0.717, 1.165) is 31.9 Å². The molecule has 0 spiro atoms. The molecule has 0 aromatic carbocycles. The zero-order chi connectivity index (χ0) is 15.1. The van der Waals surface area contributed by atoms with Gasteiger partial charge in [0.25, 0.3) is 0 Å². The predicted octanol–water partition coefficient (Wildman–Crippen LogP) is 1.14. The van der Waals surface area contributed by atoms with Gasteiger partial charge < -0.3 is 15.1 Å². The third kappa shape index (κ3) is 4.54. The minimum atomic E-state index is 0.125. The zero-order valence-corrected chi connectivity index (χ0v) is 12.9. The van der Waals surface area contributed by atoms with Gasteiger partial charge in [-0.3, -0.25) is 4.79 Å². The molecule has 1 saturated heterocycles. The van der Waals surface area contributed by atoms with Gasteiger partial charge in [-0.05, 0) is 6.42 Å². The van der Waals surface area contributed by atoms with Crippen molar-refractivity contribution in [3.63, 3.8) is 0 Å². The number of aromatic nitrogens is 3. The molecule has 2 rings (SSSR count). The lowest BCUT2D eigenvalue weighted by molar-refractivity contribution is -0.129. The van der Waals surface area contributed by atoms with Gasteiger partial charge in [-0.2, -0.15) is 10.1 Å². The van der Waals surface area contributed by atoms with Crippen LogP contribution in [-0.2, 0) is 4.79 Å². The first-order valence-corrected chi connectivity index (χ1v) is 7.64. The monoisotopic (exact) mass is 292 g/mol. The Morgan fingerprint density at radius 3 is 2.71 bits per heavy atom. The number of amides is 1. The van der Waals surface area contributed by atoms with Gasteiger partial charge in [0.1, 0.15) is 0 Å². The molecule has 1 aromatic heterocycles. The Morgan fingerprint density at radius 2 is 2.05 bits per heavy atom. The van der Waals surface area contributed by atoms with E-state index < -0.39 is 0 Å². The van der Waals surface area contributed by atoms with E-state index in [-0.39, 0.29) is 5.91 Å². The number of unbranched alkanes of at least 4 members (excludes halogenated alkanes) is 2. The van der Waals surface area contributed by atoms with E-state index in [1.54, 1.807) is 13.1 Å². The molecule has 7 heteroatoms. The summed E-state index contributed by atoms with van der Waals surface area (Å²) in [7, 11) is 0. The number of carbonyl (C=O) groups excluding carboxylic acids is 1. The van der Waals surface area contributed by atoms with E-state index >= 15 is 0 Å². The number of piperazine rings is 1. The number of nitrogens with zero attached hydrogens (tertiary/aromatic N) is 5. The molecule has 0 radical (unpaired) electrons. The molecule has 116 valence electrons. The van der Waals surface area contributed by atoms with Crippen LogP contribution >= 0.6 is 0 Å². The van der Waals surface area contributed by atoms with Crippen molar-refractivity contribution in [3.05, 3.63) is 6.20 Å². The third-order valence-corrected chi connectivity index (χ3v) is 3.64. The van der Waals surface area contributed by atoms with Gasteiger partial charge in [-0.1, -0.05) is 19.8 Å². The number of nitrogens with one attached hydrogen (secondary N) is 1. The predicted molar refractivity (Wildman–Crippen MR) is 82.3 cm³/mol. The summed E-state index contributed by atoms with van der Waals surface area (Å²) in [5.41, 5.74) is 0. The Kier molecular flexibility index (Phi) is 5.71. The normalized spacial score (nSPS) is 15.1. The first kappa shape index (κ1) is 15.5. The molecule has 21 heavy (non-hydrogen) atoms. The maximum absolute atomic E-state index is 11.3. The van der Waals surface area contributed by atoms with Gasteiger partial charge in [0.05, 0.1) is 6.20 Å². The van der Waals surface area contributed by atoms with Crippen molar-refractivity contribution in [3.8, 4) is 0 Å². The molecule has 1 aliphatic heterocycles. The standard InChI is InChI=1S/C14H24N6O/c1-3-4-5-6-15-13-11-16-18-14(17-13)20-9-7-19(8-10-20)12(2)21/h11H,3-10H2,1-2H3,(H,15,17,18). The van der Waals surface area contributed by atoms with Crippen LogP contribution in [0.2, 0.25) is 0 Å². The Labute approximate surface area is 125 Å². The second-order valence-corrected chi connectivity index (χ2v) is 5.27. The molecule has 1 amide bonds. The second kappa shape index (κ2) is 7.75. The first-order valence-electron chi connectivity index (χ1n) is 7.64. The highest BCUT2D eigenvalue weighted by Gasteiger charge is 2.20. The Bertz CT molecular complexity index is 459. The highest BCUT2D eigenvalue weighted by Crippen LogP contribution is 2.12. The van der Waals surface area contributed by atoms with E-state index in [4.69, 9.17) is 0 Å². The highest BCUT2D eigenvalue weighted by atomic mass is 16.2. The lowest BCUT2D eigenvalue weighted by Crippen LogP contribution is -2.48. The van der Waals surface area contributed by atoms with Crippen LogP contribution in [0.25, 0.3) is 0 Å². The van der Waals surface area contributed by atoms with Crippen LogP contribution in [0.1, 0.15) is 33.1 Å². The number of rotatable bonds is 6. The van der Waals surface area contributed by atoms with Crippen LogP contribution in [-0.4, -0.2) is 58.7 Å². The summed E-state index contributed by atoms with van der Waals surface area (Å²) in [4.78, 5) is 19.7. The average molecular weight is 292 g/mol. The Balaban J connectivity index is 1.87. The molecular formula is C14H24N6O. The number of anilines is 2. The van der Waals surface area contributed by atoms with Crippen molar-refractivity contribution in [2.75, 3.05) is 42.9 Å². The van der Waals surface area contributed by atoms with Crippen LogP contribution < -0.4 is 10.2 Å². The Morgan fingerprint density at radius 1 is 1.29 bits per heavy atom. The van der Waals surface area contributed by atoms with E-state index in [1.807, 2.05) is 4.90 Å². The molecule has 7 nitrogen and oxygen atoms in total. The van der Waals surface area contributed by atoms with Crippen LogP contribution in [0, 0.1) is 0 Å². The van der Waals surface area contributed by atoms with E-state index in [9.17, 15) is 4.79 Å². The highest BCUT2D eigenvalue weighted by molar-refractivity contribution is 5.73. The lowest BCUT2D eigenvalue weighted by Gasteiger charge is -2.33. The van der Waals surface area contributed by atoms with Gasteiger partial charge in [0.15, 0.2) is 5.82 Å². The fourth-order valence-electron chi connectivity index (χ4n) is 2.33. The van der Waals surface area contributed by atoms with Crippen LogP contribution in [0.15, 0.2) is 6.20 Å². The van der Waals surface area contributed by atoms with E-state index in [0.29, 0.717) is 19.0 Å². The summed E-state index contributed by atoms with van der Waals surface area (Å²) >= 11 is 0. The summed E-state index contributed by atoms with van der Waals surface area (Å²) in [6.45, 7) is 7.63. The maximum Gasteiger partial charge on any atom is 0.247 e. The molecule has 0 atom stereocenters. The SMILES string of the molecule is CCCCCNc1cnnc(N2CCN(C(C)=O)CC2)n1. The molecule has 1 N–H and O–H groups in total. The summed E-state index contributed by atoms with van der Waals surface area (Å²) in [6.07, 6.45) is 5.20. The van der Waals surface area contributed by atoms with Gasteiger partial charge in [-0.25, -0.2) is 0 Å². The van der Waals surface area contributed by atoms with Crippen LogP contribution in [0.4, 0.5) is 11.8 Å². The van der Waals surface area contributed by atoms with Gasteiger partial charge in [0.2, 0.25) is 11.9 Å². The molecular weight excluding hydrogens is 268 g/mol. The molecule has 0 aliphatic carbocycles. The fraction of sp³-hybridized carbons (Fsp3) is 0.714. The number of hydrogen-bond acceptors (Lipinski definition) is 6. The zero-order valence-electron chi connectivity index (χ0n) is 12.9. The largest absolute Gasteiger partial charge is 0.369 e. The van der Waals surface area contributed by atoms with Crippen molar-refractivity contribution in [1.29, 1.82) is 0 Å². The quantitative estimate of drug-likeness (QED) is 0.793. The first-order chi connectivity index (χ1) is 10.2. The molecule has 0 saturated carbocycles. The van der Waals surface area contributed by atoms with Gasteiger partial charge in [0, 0.05) is 39.6 Å². The Hall–Kier alpha value is -1.92. The van der Waals surface area contributed by atoms with Crippen molar-refractivity contribution in [2.45, 2.75) is 33.1 Å². The van der Waals surface area contributed by atoms with Gasteiger partial charge >= 0.3 is 0 Å². The van der Waals surface area contributed by atoms with Crippen molar-refractivity contribution in [2.24, 2.45) is 0 Å². The van der Waals surface area contributed by atoms with Crippen LogP contribution in [0.5, 0.6) is 0 Å². The van der Waals surface area contributed by atoms with Crippen molar-refractivity contribution in [1.82, 2.24) is 20.1 Å². The van der Waals surface area contributed by atoms with Gasteiger partial charge in [-0.15, -0.1) is 5.10 Å². The van der Waals surface area contributed by atoms with E-state index in [1.165, 1.54) is 12.8 Å². The third-order valence-electron chi connectivity index (χ3n) is 3.64. The molecule has 0 bridgehead atoms. The summed E-state index contributed by atoms with van der Waals surface area (Å²) in [5.74, 6) is 1.53. The summed E-state index contributed by atoms with van der Waals surface area (Å²) in [5, 5.41) is 11.4. The average Bonchev–Trinajstić information content (AvgIpc) is 2.52. The maximum atomic E-state index is 11.3. The van der Waals surface area contributed by atoms with Crippen molar-refractivity contribution >= 4 is 17.7 Å². The summed E-state index contributed by atoms with van der Waals surface area (Å²) < 4.78 is 0. The minimum Gasteiger partial charge on any atom is -0.369 e. The molecule has 2 heterocycles. The topological polar surface area (TPSA) is 74.2 Å². The minimum absolute atomic E-state index is 0.125. The molecule has 0 unspecified atom stereocenters.